The van der Waals surface area contributed by atoms with E-state index in [0.717, 1.165) is 11.5 Å². The molecule has 4 heteroatoms. The first-order valence-corrected chi connectivity index (χ1v) is 10.4. The van der Waals surface area contributed by atoms with Crippen molar-refractivity contribution >= 4 is 17.7 Å². The van der Waals surface area contributed by atoms with Crippen molar-refractivity contribution in [2.45, 2.75) is 30.5 Å². The van der Waals surface area contributed by atoms with E-state index in [9.17, 15) is 4.79 Å². The molecule has 144 valence electrons. The number of thioether (sulfide) groups is 1. The zero-order chi connectivity index (χ0) is 19.8. The Hall–Kier alpha value is -2.72. The second-order valence-corrected chi connectivity index (χ2v) is 7.85. The summed E-state index contributed by atoms with van der Waals surface area (Å²) in [6.07, 6.45) is 0. The van der Waals surface area contributed by atoms with Gasteiger partial charge in [-0.3, -0.25) is 4.79 Å². The topological polar surface area (TPSA) is 38.3 Å². The van der Waals surface area contributed by atoms with Crippen LogP contribution in [-0.2, 0) is 5.75 Å². The molecule has 0 aliphatic heterocycles. The van der Waals surface area contributed by atoms with Crippen LogP contribution >= 0.6 is 11.8 Å². The fraction of sp³-hybridized carbons (Fsp3) is 0.208. The van der Waals surface area contributed by atoms with E-state index in [1.165, 1.54) is 16.0 Å². The van der Waals surface area contributed by atoms with Gasteiger partial charge in [0.15, 0.2) is 0 Å². The molecule has 0 spiro atoms. The second kappa shape index (κ2) is 10.00. The zero-order valence-electron chi connectivity index (χ0n) is 16.2. The van der Waals surface area contributed by atoms with E-state index >= 15 is 0 Å². The van der Waals surface area contributed by atoms with Crippen LogP contribution in [-0.4, -0.2) is 18.6 Å². The van der Waals surface area contributed by atoms with Crippen LogP contribution in [0.25, 0.3) is 0 Å². The molecule has 1 N–H and O–H groups in total. The fourth-order valence-corrected chi connectivity index (χ4v) is 3.52. The smallest absolute Gasteiger partial charge is 0.251 e. The Labute approximate surface area is 171 Å². The summed E-state index contributed by atoms with van der Waals surface area (Å²) in [5.74, 6) is 1.61. The van der Waals surface area contributed by atoms with Gasteiger partial charge in [-0.05, 0) is 55.8 Å². The number of amides is 1. The molecular formula is C24H25NO2S. The van der Waals surface area contributed by atoms with Crippen LogP contribution in [0.5, 0.6) is 5.75 Å². The molecule has 1 atom stereocenters. The molecule has 1 amide bonds. The van der Waals surface area contributed by atoms with Crippen LogP contribution in [0.15, 0.2) is 83.8 Å². The summed E-state index contributed by atoms with van der Waals surface area (Å²) in [7, 11) is 0. The largest absolute Gasteiger partial charge is 0.491 e. The van der Waals surface area contributed by atoms with Gasteiger partial charge in [-0.1, -0.05) is 48.0 Å². The molecule has 0 radical (unpaired) electrons. The van der Waals surface area contributed by atoms with Crippen LogP contribution < -0.4 is 10.1 Å². The van der Waals surface area contributed by atoms with Gasteiger partial charge < -0.3 is 10.1 Å². The number of hydrogen-bond donors (Lipinski definition) is 1. The van der Waals surface area contributed by atoms with Crippen LogP contribution in [0, 0.1) is 6.92 Å². The van der Waals surface area contributed by atoms with E-state index in [2.05, 4.69) is 17.4 Å². The van der Waals surface area contributed by atoms with Gasteiger partial charge >= 0.3 is 0 Å². The highest BCUT2D eigenvalue weighted by Gasteiger charge is 2.10. The summed E-state index contributed by atoms with van der Waals surface area (Å²) in [5.41, 5.74) is 3.05. The molecule has 3 aromatic rings. The number of carbonyl (C=O) groups excluding carboxylic acids is 1. The SMILES string of the molecule is Cc1ccc(OC[C@@H](C)NC(=O)c2ccc(CSc3ccccc3)cc2)cc1. The third kappa shape index (κ3) is 6.17. The molecule has 3 aromatic carbocycles. The number of carbonyl (C=O) groups is 1. The van der Waals surface area contributed by atoms with Crippen LogP contribution in [0.3, 0.4) is 0 Å². The third-order valence-electron chi connectivity index (χ3n) is 4.26. The van der Waals surface area contributed by atoms with E-state index in [1.54, 1.807) is 11.8 Å². The van der Waals surface area contributed by atoms with Crippen LogP contribution in [0.2, 0.25) is 0 Å². The summed E-state index contributed by atoms with van der Waals surface area (Å²) >= 11 is 1.79. The van der Waals surface area contributed by atoms with Crippen LogP contribution in [0.4, 0.5) is 0 Å². The minimum Gasteiger partial charge on any atom is -0.491 e. The number of aryl methyl sites for hydroxylation is 1. The average molecular weight is 392 g/mol. The molecule has 0 saturated carbocycles. The van der Waals surface area contributed by atoms with Gasteiger partial charge in [0.2, 0.25) is 0 Å². The molecule has 0 heterocycles. The van der Waals surface area contributed by atoms with Crippen molar-refractivity contribution in [1.29, 1.82) is 0 Å². The highest BCUT2D eigenvalue weighted by atomic mass is 32.2. The lowest BCUT2D eigenvalue weighted by Gasteiger charge is -2.15. The lowest BCUT2D eigenvalue weighted by atomic mass is 10.1. The van der Waals surface area contributed by atoms with E-state index < -0.39 is 0 Å². The molecule has 0 fully saturated rings. The molecule has 0 aliphatic rings. The van der Waals surface area contributed by atoms with Gasteiger partial charge in [0.25, 0.3) is 5.91 Å². The standard InChI is InChI=1S/C24H25NO2S/c1-18-8-14-22(15-9-18)27-16-19(2)25-24(26)21-12-10-20(11-13-21)17-28-23-6-4-3-5-7-23/h3-15,19H,16-17H2,1-2H3,(H,25,26)/t19-/m1/s1. The molecule has 3 nitrogen and oxygen atoms in total. The Kier molecular flexibility index (Phi) is 7.15. The Morgan fingerprint density at radius 3 is 2.32 bits per heavy atom. The predicted octanol–water partition coefficient (Wildman–Crippen LogP) is 5.48. The molecule has 3 rings (SSSR count). The average Bonchev–Trinajstić information content (AvgIpc) is 2.73. The van der Waals surface area contributed by atoms with Gasteiger partial charge in [0, 0.05) is 16.2 Å². The Morgan fingerprint density at radius 2 is 1.64 bits per heavy atom. The number of ether oxygens (including phenoxy) is 1. The van der Waals surface area contributed by atoms with E-state index in [1.807, 2.05) is 80.6 Å². The normalized spacial score (nSPS) is 11.6. The fourth-order valence-electron chi connectivity index (χ4n) is 2.64. The molecular weight excluding hydrogens is 366 g/mol. The zero-order valence-corrected chi connectivity index (χ0v) is 17.0. The van der Waals surface area contributed by atoms with Crippen molar-refractivity contribution in [1.82, 2.24) is 5.32 Å². The summed E-state index contributed by atoms with van der Waals surface area (Å²) < 4.78 is 5.74. The first-order chi connectivity index (χ1) is 13.6. The molecule has 0 aliphatic carbocycles. The summed E-state index contributed by atoms with van der Waals surface area (Å²) in [4.78, 5) is 13.7. The Bertz CT molecular complexity index is 877. The predicted molar refractivity (Wildman–Crippen MR) is 116 cm³/mol. The van der Waals surface area contributed by atoms with Crippen molar-refractivity contribution in [3.63, 3.8) is 0 Å². The minimum atomic E-state index is -0.0814. The van der Waals surface area contributed by atoms with E-state index in [-0.39, 0.29) is 11.9 Å². The second-order valence-electron chi connectivity index (χ2n) is 6.80. The monoisotopic (exact) mass is 391 g/mol. The van der Waals surface area contributed by atoms with Gasteiger partial charge in [0.1, 0.15) is 12.4 Å². The van der Waals surface area contributed by atoms with Crippen molar-refractivity contribution in [3.8, 4) is 5.75 Å². The van der Waals surface area contributed by atoms with Crippen molar-refractivity contribution in [2.24, 2.45) is 0 Å². The summed E-state index contributed by atoms with van der Waals surface area (Å²) in [6, 6.07) is 25.9. The Balaban J connectivity index is 1.46. The van der Waals surface area contributed by atoms with Gasteiger partial charge in [-0.25, -0.2) is 0 Å². The maximum absolute atomic E-state index is 12.4. The van der Waals surface area contributed by atoms with E-state index in [4.69, 9.17) is 4.74 Å². The number of hydrogen-bond acceptors (Lipinski definition) is 3. The number of rotatable bonds is 8. The van der Waals surface area contributed by atoms with Gasteiger partial charge in [-0.2, -0.15) is 0 Å². The van der Waals surface area contributed by atoms with Crippen LogP contribution in [0.1, 0.15) is 28.4 Å². The van der Waals surface area contributed by atoms with Crippen molar-refractivity contribution in [2.75, 3.05) is 6.61 Å². The third-order valence-corrected chi connectivity index (χ3v) is 5.35. The highest BCUT2D eigenvalue weighted by Crippen LogP contribution is 2.22. The first kappa shape index (κ1) is 20.0. The number of benzene rings is 3. The van der Waals surface area contributed by atoms with Crippen molar-refractivity contribution < 1.29 is 9.53 Å². The first-order valence-electron chi connectivity index (χ1n) is 9.37. The van der Waals surface area contributed by atoms with E-state index in [0.29, 0.717) is 12.2 Å². The molecule has 0 bridgehead atoms. The summed E-state index contributed by atoms with van der Waals surface area (Å²) in [6.45, 7) is 4.41. The lowest BCUT2D eigenvalue weighted by molar-refractivity contribution is 0.0926. The van der Waals surface area contributed by atoms with Gasteiger partial charge in [0.05, 0.1) is 6.04 Å². The molecule has 0 saturated heterocycles. The molecule has 0 aromatic heterocycles. The maximum atomic E-state index is 12.4. The maximum Gasteiger partial charge on any atom is 0.251 e. The number of nitrogens with one attached hydrogen (secondary N) is 1. The quantitative estimate of drug-likeness (QED) is 0.516. The minimum absolute atomic E-state index is 0.0812. The Morgan fingerprint density at radius 1 is 0.964 bits per heavy atom. The van der Waals surface area contributed by atoms with Crippen molar-refractivity contribution in [3.05, 3.63) is 95.6 Å². The highest BCUT2D eigenvalue weighted by molar-refractivity contribution is 7.98. The van der Waals surface area contributed by atoms with Gasteiger partial charge in [-0.15, -0.1) is 11.8 Å². The summed E-state index contributed by atoms with van der Waals surface area (Å²) in [5, 5.41) is 2.99. The lowest BCUT2D eigenvalue weighted by Crippen LogP contribution is -2.36. The molecule has 0 unspecified atom stereocenters. The molecule has 28 heavy (non-hydrogen) atoms.